The van der Waals surface area contributed by atoms with Gasteiger partial charge in [0.05, 0.1) is 5.69 Å². The summed E-state index contributed by atoms with van der Waals surface area (Å²) in [7, 11) is 2.53. The van der Waals surface area contributed by atoms with E-state index >= 15 is 0 Å². The van der Waals surface area contributed by atoms with Gasteiger partial charge in [-0.1, -0.05) is 0 Å². The zero-order chi connectivity index (χ0) is 22.2. The number of carbonyl (C=O) groups is 2. The smallest absolute Gasteiger partial charge is 0.350 e. The van der Waals surface area contributed by atoms with E-state index in [9.17, 15) is 23.6 Å². The lowest BCUT2D eigenvalue weighted by atomic mass is 10.2. The SMILES string of the molecule is Cc1nc(-c2ccc(F)cc2)sc1C(=O)OCC(=O)c1c(N)n(C)c(=O)n(C)c1=O. The summed E-state index contributed by atoms with van der Waals surface area (Å²) in [6.45, 7) is 0.863. The van der Waals surface area contributed by atoms with Crippen molar-refractivity contribution in [2.75, 3.05) is 12.3 Å². The minimum atomic E-state index is -0.871. The van der Waals surface area contributed by atoms with E-state index in [2.05, 4.69) is 4.98 Å². The van der Waals surface area contributed by atoms with Crippen molar-refractivity contribution in [3.63, 3.8) is 0 Å². The molecular formula is C19H17FN4O5S. The van der Waals surface area contributed by atoms with Gasteiger partial charge in [-0.05, 0) is 31.2 Å². The summed E-state index contributed by atoms with van der Waals surface area (Å²) < 4.78 is 19.8. The molecule has 0 unspecified atom stereocenters. The number of esters is 1. The Hall–Kier alpha value is -3.60. The van der Waals surface area contributed by atoms with Crippen molar-refractivity contribution >= 4 is 28.9 Å². The van der Waals surface area contributed by atoms with E-state index in [0.29, 0.717) is 16.3 Å². The number of Topliss-reactive ketones (excluding diaryl/α,β-unsaturated/α-hetero) is 1. The fraction of sp³-hybridized carbons (Fsp3) is 0.211. The quantitative estimate of drug-likeness (QED) is 0.475. The molecular weight excluding hydrogens is 415 g/mol. The van der Waals surface area contributed by atoms with Crippen molar-refractivity contribution in [2.24, 2.45) is 14.1 Å². The molecule has 2 heterocycles. The van der Waals surface area contributed by atoms with Crippen molar-refractivity contribution in [1.82, 2.24) is 14.1 Å². The Balaban J connectivity index is 1.80. The molecule has 2 N–H and O–H groups in total. The molecule has 3 rings (SSSR count). The summed E-state index contributed by atoms with van der Waals surface area (Å²) in [5.41, 5.74) is 4.76. The number of rotatable bonds is 5. The Labute approximate surface area is 173 Å². The molecule has 0 bridgehead atoms. The van der Waals surface area contributed by atoms with Gasteiger partial charge in [-0.25, -0.2) is 19.0 Å². The first-order chi connectivity index (χ1) is 14.1. The Morgan fingerprint density at radius 3 is 2.43 bits per heavy atom. The molecule has 11 heteroatoms. The number of carbonyl (C=O) groups excluding carboxylic acids is 2. The van der Waals surface area contributed by atoms with Crippen LogP contribution in [0.4, 0.5) is 10.2 Å². The molecule has 0 aliphatic heterocycles. The lowest BCUT2D eigenvalue weighted by Crippen LogP contribution is -2.42. The molecule has 0 aliphatic carbocycles. The lowest BCUT2D eigenvalue weighted by Gasteiger charge is -2.10. The molecule has 3 aromatic rings. The summed E-state index contributed by atoms with van der Waals surface area (Å²) in [5.74, 6) is -2.34. The van der Waals surface area contributed by atoms with Gasteiger partial charge in [-0.15, -0.1) is 11.3 Å². The number of nitrogen functional groups attached to an aromatic ring is 1. The molecule has 0 fully saturated rings. The minimum Gasteiger partial charge on any atom is -0.453 e. The van der Waals surface area contributed by atoms with Gasteiger partial charge >= 0.3 is 11.7 Å². The van der Waals surface area contributed by atoms with Crippen LogP contribution in [0, 0.1) is 12.7 Å². The van der Waals surface area contributed by atoms with Gasteiger partial charge < -0.3 is 10.5 Å². The van der Waals surface area contributed by atoms with Crippen LogP contribution in [0.5, 0.6) is 0 Å². The van der Waals surface area contributed by atoms with Gasteiger partial charge in [0.1, 0.15) is 27.1 Å². The van der Waals surface area contributed by atoms with Crippen LogP contribution in [-0.4, -0.2) is 32.5 Å². The predicted octanol–water partition coefficient (Wildman–Crippen LogP) is 1.28. The number of aromatic nitrogens is 3. The molecule has 156 valence electrons. The number of halogens is 1. The molecule has 0 radical (unpaired) electrons. The number of ketones is 1. The van der Waals surface area contributed by atoms with Gasteiger partial charge in [0.15, 0.2) is 6.61 Å². The molecule has 0 atom stereocenters. The monoisotopic (exact) mass is 432 g/mol. The number of hydrogen-bond donors (Lipinski definition) is 1. The first kappa shape index (κ1) is 21.1. The van der Waals surface area contributed by atoms with Crippen LogP contribution >= 0.6 is 11.3 Å². The van der Waals surface area contributed by atoms with Crippen molar-refractivity contribution in [1.29, 1.82) is 0 Å². The van der Waals surface area contributed by atoms with Gasteiger partial charge in [0.25, 0.3) is 5.56 Å². The summed E-state index contributed by atoms with van der Waals surface area (Å²) in [4.78, 5) is 53.4. The van der Waals surface area contributed by atoms with Crippen LogP contribution in [-0.2, 0) is 18.8 Å². The Kier molecular flexibility index (Phi) is 5.65. The maximum atomic E-state index is 13.1. The van der Waals surface area contributed by atoms with Crippen LogP contribution < -0.4 is 17.0 Å². The number of anilines is 1. The average molecular weight is 432 g/mol. The van der Waals surface area contributed by atoms with Gasteiger partial charge in [-0.3, -0.25) is 18.7 Å². The summed E-state index contributed by atoms with van der Waals surface area (Å²) >= 11 is 1.03. The molecule has 0 saturated carbocycles. The normalized spacial score (nSPS) is 10.8. The molecule has 0 amide bonds. The van der Waals surface area contributed by atoms with Crippen LogP contribution in [0.3, 0.4) is 0 Å². The standard InChI is InChI=1S/C19H17FN4O5S/c1-9-14(30-16(22-9)10-4-6-11(20)7-5-10)18(27)29-8-12(25)13-15(21)23(2)19(28)24(3)17(13)26/h4-7H,8,21H2,1-3H3. The zero-order valence-corrected chi connectivity index (χ0v) is 17.1. The topological polar surface area (TPSA) is 126 Å². The lowest BCUT2D eigenvalue weighted by molar-refractivity contribution is 0.0478. The second-order valence-corrected chi connectivity index (χ2v) is 7.40. The fourth-order valence-corrected chi connectivity index (χ4v) is 3.66. The molecule has 0 aliphatic rings. The van der Waals surface area contributed by atoms with E-state index in [1.807, 2.05) is 0 Å². The Morgan fingerprint density at radius 2 is 1.80 bits per heavy atom. The van der Waals surface area contributed by atoms with Gasteiger partial charge in [0.2, 0.25) is 5.78 Å². The third-order valence-electron chi connectivity index (χ3n) is 4.40. The van der Waals surface area contributed by atoms with E-state index in [-0.39, 0.29) is 10.7 Å². The number of aryl methyl sites for hydroxylation is 1. The molecule has 0 saturated heterocycles. The Bertz CT molecular complexity index is 1270. The number of benzene rings is 1. The third-order valence-corrected chi connectivity index (χ3v) is 5.58. The predicted molar refractivity (Wildman–Crippen MR) is 108 cm³/mol. The van der Waals surface area contributed by atoms with Crippen LogP contribution in [0.15, 0.2) is 33.9 Å². The minimum absolute atomic E-state index is 0.170. The number of nitrogens with zero attached hydrogens (tertiary/aromatic N) is 3. The fourth-order valence-electron chi connectivity index (χ4n) is 2.69. The molecule has 0 spiro atoms. The second kappa shape index (κ2) is 8.03. The molecule has 2 aromatic heterocycles. The van der Waals surface area contributed by atoms with Crippen molar-refractivity contribution < 1.29 is 18.7 Å². The summed E-state index contributed by atoms with van der Waals surface area (Å²) in [6, 6.07) is 5.62. The van der Waals surface area contributed by atoms with Crippen LogP contribution in [0.25, 0.3) is 10.6 Å². The molecule has 9 nitrogen and oxygen atoms in total. The number of nitrogens with two attached hydrogens (primary N) is 1. The number of ether oxygens (including phenoxy) is 1. The highest BCUT2D eigenvalue weighted by atomic mass is 32.1. The van der Waals surface area contributed by atoms with Crippen molar-refractivity contribution in [3.05, 3.63) is 67.1 Å². The largest absolute Gasteiger partial charge is 0.453 e. The number of thiazole rings is 1. The van der Waals surface area contributed by atoms with E-state index in [0.717, 1.165) is 20.5 Å². The average Bonchev–Trinajstić information content (AvgIpc) is 3.11. The van der Waals surface area contributed by atoms with E-state index in [1.54, 1.807) is 6.92 Å². The van der Waals surface area contributed by atoms with Gasteiger partial charge in [-0.2, -0.15) is 0 Å². The second-order valence-electron chi connectivity index (χ2n) is 6.41. The summed E-state index contributed by atoms with van der Waals surface area (Å²) in [5, 5.41) is 0.488. The van der Waals surface area contributed by atoms with E-state index < -0.39 is 41.0 Å². The highest BCUT2D eigenvalue weighted by Crippen LogP contribution is 2.28. The third kappa shape index (κ3) is 3.79. The Morgan fingerprint density at radius 1 is 1.17 bits per heavy atom. The zero-order valence-electron chi connectivity index (χ0n) is 16.3. The first-order valence-electron chi connectivity index (χ1n) is 8.61. The highest BCUT2D eigenvalue weighted by molar-refractivity contribution is 7.17. The van der Waals surface area contributed by atoms with Crippen molar-refractivity contribution in [2.45, 2.75) is 6.92 Å². The van der Waals surface area contributed by atoms with E-state index in [1.165, 1.54) is 38.4 Å². The first-order valence-corrected chi connectivity index (χ1v) is 9.42. The van der Waals surface area contributed by atoms with Crippen LogP contribution in [0.1, 0.15) is 25.7 Å². The maximum absolute atomic E-state index is 13.1. The molecule has 1 aromatic carbocycles. The summed E-state index contributed by atoms with van der Waals surface area (Å²) in [6.07, 6.45) is 0. The highest BCUT2D eigenvalue weighted by Gasteiger charge is 2.23. The van der Waals surface area contributed by atoms with Crippen molar-refractivity contribution in [3.8, 4) is 10.6 Å². The maximum Gasteiger partial charge on any atom is 0.350 e. The molecule has 30 heavy (non-hydrogen) atoms. The van der Waals surface area contributed by atoms with Crippen LogP contribution in [0.2, 0.25) is 0 Å². The number of hydrogen-bond acceptors (Lipinski definition) is 8. The van der Waals surface area contributed by atoms with E-state index in [4.69, 9.17) is 10.5 Å². The van der Waals surface area contributed by atoms with Gasteiger partial charge in [0, 0.05) is 19.7 Å².